The van der Waals surface area contributed by atoms with Crippen LogP contribution in [0.3, 0.4) is 0 Å². The van der Waals surface area contributed by atoms with Crippen molar-refractivity contribution in [3.63, 3.8) is 0 Å². The molecule has 0 aromatic carbocycles. The molecular weight excluding hydrogens is 144 g/mol. The molecule has 0 radical (unpaired) electrons. The lowest BCUT2D eigenvalue weighted by Crippen LogP contribution is -1.70. The molecular formula is C2H2Cl3N. The average molecular weight is 146 g/mol. The molecule has 0 fully saturated rings. The predicted molar refractivity (Wildman–Crippen MR) is 28.4 cm³/mol. The zero-order valence-electron chi connectivity index (χ0n) is 2.69. The number of alkyl halides is 2. The smallest absolute Gasteiger partial charge is 0.193 e. The summed E-state index contributed by atoms with van der Waals surface area (Å²) < 4.78 is 0. The summed E-state index contributed by atoms with van der Waals surface area (Å²) in [5, 5.41) is 7.63. The summed E-state index contributed by atoms with van der Waals surface area (Å²) in [6, 6.07) is 1.56. The summed E-state index contributed by atoms with van der Waals surface area (Å²) in [5.41, 5.74) is 0. The predicted octanol–water partition coefficient (Wildman–Crippen LogP) is 1.74. The molecule has 0 saturated heterocycles. The van der Waals surface area contributed by atoms with Gasteiger partial charge in [0.2, 0.25) is 0 Å². The van der Waals surface area contributed by atoms with Gasteiger partial charge in [-0.2, -0.15) is 5.26 Å². The molecule has 0 atom stereocenters. The van der Waals surface area contributed by atoms with Gasteiger partial charge in [0, 0.05) is 0 Å². The molecule has 6 heavy (non-hydrogen) atoms. The van der Waals surface area contributed by atoms with Crippen molar-refractivity contribution in [3.05, 3.63) is 0 Å². The first-order valence-corrected chi connectivity index (χ1v) is 1.82. The summed E-state index contributed by atoms with van der Waals surface area (Å²) in [7, 11) is 0. The summed E-state index contributed by atoms with van der Waals surface area (Å²) in [6.45, 7) is 0. The van der Waals surface area contributed by atoms with E-state index in [0.717, 1.165) is 0 Å². The van der Waals surface area contributed by atoms with E-state index in [0.29, 0.717) is 0 Å². The topological polar surface area (TPSA) is 23.8 Å². The number of hydrogen-bond donors (Lipinski definition) is 0. The third-order valence-corrected chi connectivity index (χ3v) is 0.293. The standard InChI is InChI=1S/C2HCl2N.ClH/c3-2(4)1-5;/h2H;1H. The van der Waals surface area contributed by atoms with E-state index in [1.807, 2.05) is 0 Å². The molecule has 0 aliphatic rings. The molecule has 0 aliphatic heterocycles. The Labute approximate surface area is 52.3 Å². The number of hydrogen-bond acceptors (Lipinski definition) is 1. The van der Waals surface area contributed by atoms with E-state index in [1.54, 1.807) is 6.07 Å². The van der Waals surface area contributed by atoms with Gasteiger partial charge >= 0.3 is 0 Å². The molecule has 0 N–H and O–H groups in total. The number of halogens is 3. The monoisotopic (exact) mass is 145 g/mol. The van der Waals surface area contributed by atoms with Crippen LogP contribution in [0.1, 0.15) is 0 Å². The van der Waals surface area contributed by atoms with E-state index in [-0.39, 0.29) is 12.4 Å². The maximum Gasteiger partial charge on any atom is 0.193 e. The highest BCUT2D eigenvalue weighted by Crippen LogP contribution is 1.95. The maximum absolute atomic E-state index is 7.63. The van der Waals surface area contributed by atoms with Gasteiger partial charge in [-0.3, -0.25) is 0 Å². The van der Waals surface area contributed by atoms with E-state index >= 15 is 0 Å². The fourth-order valence-electron chi connectivity index (χ4n) is 0. The Morgan fingerprint density at radius 1 is 1.50 bits per heavy atom. The van der Waals surface area contributed by atoms with Crippen molar-refractivity contribution < 1.29 is 0 Å². The lowest BCUT2D eigenvalue weighted by molar-refractivity contribution is 1.45. The third-order valence-electron chi connectivity index (χ3n) is 0.0976. The van der Waals surface area contributed by atoms with Gasteiger partial charge in [0.05, 0.1) is 6.07 Å². The van der Waals surface area contributed by atoms with Crippen LogP contribution in [0, 0.1) is 11.3 Å². The first-order valence-electron chi connectivity index (χ1n) is 0.949. The van der Waals surface area contributed by atoms with E-state index in [2.05, 4.69) is 0 Å². The first-order chi connectivity index (χ1) is 2.27. The van der Waals surface area contributed by atoms with Crippen LogP contribution in [0.25, 0.3) is 0 Å². The van der Waals surface area contributed by atoms with E-state index in [9.17, 15) is 0 Å². The van der Waals surface area contributed by atoms with Crippen molar-refractivity contribution in [2.45, 2.75) is 4.84 Å². The van der Waals surface area contributed by atoms with Crippen molar-refractivity contribution in [1.29, 1.82) is 5.26 Å². The van der Waals surface area contributed by atoms with Gasteiger partial charge in [-0.25, -0.2) is 0 Å². The molecule has 0 heterocycles. The Hall–Kier alpha value is 0.360. The maximum atomic E-state index is 7.63. The van der Waals surface area contributed by atoms with Gasteiger partial charge in [-0.15, -0.1) is 12.4 Å². The molecule has 4 heteroatoms. The Morgan fingerprint density at radius 2 is 1.67 bits per heavy atom. The lowest BCUT2D eigenvalue weighted by atomic mass is 10.9. The molecule has 0 bridgehead atoms. The second-order valence-corrected chi connectivity index (χ2v) is 1.53. The van der Waals surface area contributed by atoms with Gasteiger partial charge in [0.25, 0.3) is 0 Å². The first kappa shape index (κ1) is 9.61. The van der Waals surface area contributed by atoms with Crippen LogP contribution in [0.4, 0.5) is 0 Å². The molecule has 0 rings (SSSR count). The summed E-state index contributed by atoms with van der Waals surface area (Å²) >= 11 is 9.73. The molecule has 36 valence electrons. The fraction of sp³-hybridized carbons (Fsp3) is 0.500. The molecule has 0 aromatic rings. The molecule has 0 spiro atoms. The minimum atomic E-state index is -0.866. The minimum Gasteiger partial charge on any atom is -0.195 e. The van der Waals surface area contributed by atoms with Crippen LogP contribution >= 0.6 is 35.6 Å². The SMILES string of the molecule is Cl.N#CC(Cl)Cl. The Morgan fingerprint density at radius 3 is 1.67 bits per heavy atom. The van der Waals surface area contributed by atoms with Gasteiger partial charge < -0.3 is 0 Å². The van der Waals surface area contributed by atoms with Gasteiger partial charge in [0.1, 0.15) is 0 Å². The summed E-state index contributed by atoms with van der Waals surface area (Å²) in [5.74, 6) is 0. The van der Waals surface area contributed by atoms with Crippen LogP contribution < -0.4 is 0 Å². The Kier molecular flexibility index (Phi) is 8.59. The van der Waals surface area contributed by atoms with Crippen LogP contribution in [-0.2, 0) is 0 Å². The molecule has 0 amide bonds. The zero-order valence-corrected chi connectivity index (χ0v) is 5.02. The molecule has 1 nitrogen and oxygen atoms in total. The highest BCUT2D eigenvalue weighted by atomic mass is 35.5. The number of nitrogens with zero attached hydrogens (tertiary/aromatic N) is 1. The van der Waals surface area contributed by atoms with Gasteiger partial charge in [-0.05, 0) is 0 Å². The van der Waals surface area contributed by atoms with E-state index in [4.69, 9.17) is 28.5 Å². The molecule has 0 unspecified atom stereocenters. The van der Waals surface area contributed by atoms with Crippen LogP contribution in [0.15, 0.2) is 0 Å². The second kappa shape index (κ2) is 5.36. The number of nitriles is 1. The highest BCUT2D eigenvalue weighted by molar-refractivity contribution is 6.46. The molecule has 0 aliphatic carbocycles. The van der Waals surface area contributed by atoms with E-state index in [1.165, 1.54) is 0 Å². The zero-order chi connectivity index (χ0) is 4.28. The van der Waals surface area contributed by atoms with Gasteiger partial charge in [-0.1, -0.05) is 23.2 Å². The van der Waals surface area contributed by atoms with E-state index < -0.39 is 4.84 Å². The quantitative estimate of drug-likeness (QED) is 0.478. The normalized spacial score (nSPS) is 6.33. The second-order valence-electron chi connectivity index (χ2n) is 0.430. The van der Waals surface area contributed by atoms with Crippen LogP contribution in [0.2, 0.25) is 0 Å². The minimum absolute atomic E-state index is 0. The van der Waals surface area contributed by atoms with Crippen molar-refractivity contribution in [2.75, 3.05) is 0 Å². The average Bonchev–Trinajstić information content (AvgIpc) is 1.38. The summed E-state index contributed by atoms with van der Waals surface area (Å²) in [4.78, 5) is -0.866. The molecule has 0 saturated carbocycles. The largest absolute Gasteiger partial charge is 0.195 e. The van der Waals surface area contributed by atoms with Crippen molar-refractivity contribution in [3.8, 4) is 6.07 Å². The Bertz CT molecular complexity index is 54.3. The third kappa shape index (κ3) is 8.84. The van der Waals surface area contributed by atoms with Crippen LogP contribution in [0.5, 0.6) is 0 Å². The fourth-order valence-corrected chi connectivity index (χ4v) is 0. The summed E-state index contributed by atoms with van der Waals surface area (Å²) in [6.07, 6.45) is 0. The highest BCUT2D eigenvalue weighted by Gasteiger charge is 1.85. The van der Waals surface area contributed by atoms with Crippen molar-refractivity contribution in [1.82, 2.24) is 0 Å². The van der Waals surface area contributed by atoms with Crippen LogP contribution in [-0.4, -0.2) is 4.84 Å². The van der Waals surface area contributed by atoms with Gasteiger partial charge in [0.15, 0.2) is 4.84 Å². The lowest BCUT2D eigenvalue weighted by Gasteiger charge is -1.69. The molecule has 0 aromatic heterocycles. The van der Waals surface area contributed by atoms with Crippen molar-refractivity contribution in [2.24, 2.45) is 0 Å². The number of rotatable bonds is 0. The van der Waals surface area contributed by atoms with Crippen molar-refractivity contribution >= 4 is 35.6 Å². The Balaban J connectivity index is 0.